The number of aromatic carboxylic acids is 1. The molecule has 2 N–H and O–H groups in total. The first-order chi connectivity index (χ1) is 11.0. The van der Waals surface area contributed by atoms with Gasteiger partial charge in [0.2, 0.25) is 0 Å². The number of carbonyl (C=O) groups is 1. The third-order valence-corrected chi connectivity index (χ3v) is 3.71. The van der Waals surface area contributed by atoms with Gasteiger partial charge >= 0.3 is 5.97 Å². The smallest absolute Gasteiger partial charge is 0.335 e. The lowest BCUT2D eigenvalue weighted by atomic mass is 10.1. The van der Waals surface area contributed by atoms with Gasteiger partial charge in [-0.15, -0.1) is 0 Å². The maximum Gasteiger partial charge on any atom is 0.335 e. The quantitative estimate of drug-likeness (QED) is 0.787. The standard InChI is InChI=1S/C19H24N2O2/c1-15(13-21(2)14-16-7-4-3-5-8-16)20-12-17-9-6-10-18(11-17)19(22)23/h3-11,15,20H,12-14H2,1-2H3,(H,22,23)/t15-/m1/s1. The van der Waals surface area contributed by atoms with E-state index in [9.17, 15) is 4.79 Å². The molecule has 4 nitrogen and oxygen atoms in total. The number of nitrogens with one attached hydrogen (secondary N) is 1. The van der Waals surface area contributed by atoms with E-state index in [0.717, 1.165) is 18.7 Å². The highest BCUT2D eigenvalue weighted by Crippen LogP contribution is 2.06. The third-order valence-electron chi connectivity index (χ3n) is 3.71. The zero-order valence-electron chi connectivity index (χ0n) is 13.7. The second-order valence-electron chi connectivity index (χ2n) is 5.97. The van der Waals surface area contributed by atoms with Crippen LogP contribution in [0.3, 0.4) is 0 Å². The minimum absolute atomic E-state index is 0.317. The Balaban J connectivity index is 1.79. The normalized spacial score (nSPS) is 12.3. The van der Waals surface area contributed by atoms with Gasteiger partial charge in [0, 0.05) is 25.7 Å². The van der Waals surface area contributed by atoms with Crippen LogP contribution in [0.15, 0.2) is 54.6 Å². The fourth-order valence-corrected chi connectivity index (χ4v) is 2.60. The Bertz CT molecular complexity index is 628. The number of hydrogen-bond donors (Lipinski definition) is 2. The number of nitrogens with zero attached hydrogens (tertiary/aromatic N) is 1. The maximum absolute atomic E-state index is 11.0. The SMILES string of the molecule is C[C@H](CN(C)Cc1ccccc1)NCc1cccc(C(=O)O)c1. The lowest BCUT2D eigenvalue weighted by molar-refractivity contribution is 0.0696. The van der Waals surface area contributed by atoms with Gasteiger partial charge in [0.15, 0.2) is 0 Å². The van der Waals surface area contributed by atoms with E-state index in [2.05, 4.69) is 48.5 Å². The Morgan fingerprint density at radius 1 is 1.13 bits per heavy atom. The molecule has 23 heavy (non-hydrogen) atoms. The molecule has 0 heterocycles. The van der Waals surface area contributed by atoms with Gasteiger partial charge in [-0.1, -0.05) is 42.5 Å². The molecule has 0 radical (unpaired) electrons. The number of benzene rings is 2. The van der Waals surface area contributed by atoms with E-state index < -0.39 is 5.97 Å². The van der Waals surface area contributed by atoms with Crippen molar-refractivity contribution < 1.29 is 9.90 Å². The van der Waals surface area contributed by atoms with Crippen molar-refractivity contribution in [2.45, 2.75) is 26.1 Å². The summed E-state index contributed by atoms with van der Waals surface area (Å²) in [6.07, 6.45) is 0. The zero-order valence-corrected chi connectivity index (χ0v) is 13.7. The van der Waals surface area contributed by atoms with Gasteiger partial charge in [-0.05, 0) is 37.2 Å². The summed E-state index contributed by atoms with van der Waals surface area (Å²) < 4.78 is 0. The molecular weight excluding hydrogens is 288 g/mol. The molecule has 2 aromatic rings. The summed E-state index contributed by atoms with van der Waals surface area (Å²) >= 11 is 0. The summed E-state index contributed by atoms with van der Waals surface area (Å²) in [5, 5.41) is 12.5. The molecule has 0 fully saturated rings. The van der Waals surface area contributed by atoms with E-state index >= 15 is 0 Å². The monoisotopic (exact) mass is 312 g/mol. The van der Waals surface area contributed by atoms with Crippen molar-refractivity contribution in [3.63, 3.8) is 0 Å². The van der Waals surface area contributed by atoms with Crippen LogP contribution in [0.2, 0.25) is 0 Å². The van der Waals surface area contributed by atoms with Gasteiger partial charge in [-0.2, -0.15) is 0 Å². The Morgan fingerprint density at radius 3 is 2.52 bits per heavy atom. The van der Waals surface area contributed by atoms with E-state index in [1.165, 1.54) is 5.56 Å². The van der Waals surface area contributed by atoms with Gasteiger partial charge in [0.1, 0.15) is 0 Å². The highest BCUT2D eigenvalue weighted by atomic mass is 16.4. The van der Waals surface area contributed by atoms with Crippen molar-refractivity contribution in [3.8, 4) is 0 Å². The summed E-state index contributed by atoms with van der Waals surface area (Å²) in [6, 6.07) is 17.8. The summed E-state index contributed by atoms with van der Waals surface area (Å²) in [5.41, 5.74) is 2.62. The number of likely N-dealkylation sites (N-methyl/N-ethyl adjacent to an activating group) is 1. The Kier molecular flexibility index (Phi) is 6.32. The molecule has 0 bridgehead atoms. The van der Waals surface area contributed by atoms with E-state index in [1.54, 1.807) is 18.2 Å². The fraction of sp³-hybridized carbons (Fsp3) is 0.316. The fourth-order valence-electron chi connectivity index (χ4n) is 2.60. The molecule has 0 saturated heterocycles. The van der Waals surface area contributed by atoms with Crippen LogP contribution in [0, 0.1) is 0 Å². The highest BCUT2D eigenvalue weighted by Gasteiger charge is 2.08. The van der Waals surface area contributed by atoms with Crippen LogP contribution in [0.1, 0.15) is 28.4 Å². The number of rotatable bonds is 8. The molecule has 122 valence electrons. The lowest BCUT2D eigenvalue weighted by Gasteiger charge is -2.22. The summed E-state index contributed by atoms with van der Waals surface area (Å²) in [5.74, 6) is -0.887. The first-order valence-corrected chi connectivity index (χ1v) is 7.82. The van der Waals surface area contributed by atoms with Crippen LogP contribution in [-0.4, -0.2) is 35.6 Å². The zero-order chi connectivity index (χ0) is 16.7. The van der Waals surface area contributed by atoms with Gasteiger partial charge in [-0.25, -0.2) is 4.79 Å². The molecule has 0 aliphatic rings. The second kappa shape index (κ2) is 8.46. The minimum Gasteiger partial charge on any atom is -0.478 e. The van der Waals surface area contributed by atoms with Crippen LogP contribution in [0.25, 0.3) is 0 Å². The molecule has 0 amide bonds. The molecule has 2 aromatic carbocycles. The summed E-state index contributed by atoms with van der Waals surface area (Å²) in [6.45, 7) is 4.65. The van der Waals surface area contributed by atoms with Gasteiger partial charge < -0.3 is 15.3 Å². The number of hydrogen-bond acceptors (Lipinski definition) is 3. The average Bonchev–Trinajstić information content (AvgIpc) is 2.54. The second-order valence-corrected chi connectivity index (χ2v) is 5.97. The van der Waals surface area contributed by atoms with Crippen molar-refractivity contribution in [2.75, 3.05) is 13.6 Å². The Morgan fingerprint density at radius 2 is 1.83 bits per heavy atom. The van der Waals surface area contributed by atoms with Crippen LogP contribution < -0.4 is 5.32 Å². The molecular formula is C19H24N2O2. The average molecular weight is 312 g/mol. The first kappa shape index (κ1) is 17.2. The Hall–Kier alpha value is -2.17. The molecule has 0 unspecified atom stereocenters. The molecule has 0 aliphatic carbocycles. The molecule has 0 spiro atoms. The van der Waals surface area contributed by atoms with Gasteiger partial charge in [-0.3, -0.25) is 0 Å². The minimum atomic E-state index is -0.887. The van der Waals surface area contributed by atoms with Crippen molar-refractivity contribution >= 4 is 5.97 Å². The van der Waals surface area contributed by atoms with Crippen LogP contribution in [-0.2, 0) is 13.1 Å². The van der Waals surface area contributed by atoms with E-state index in [0.29, 0.717) is 18.2 Å². The third kappa shape index (κ3) is 5.85. The van der Waals surface area contributed by atoms with E-state index in [-0.39, 0.29) is 0 Å². The first-order valence-electron chi connectivity index (χ1n) is 7.82. The Labute approximate surface area is 137 Å². The molecule has 0 aliphatic heterocycles. The predicted molar refractivity (Wildman–Crippen MR) is 92.5 cm³/mol. The van der Waals surface area contributed by atoms with Crippen molar-refractivity contribution in [1.29, 1.82) is 0 Å². The number of carboxylic acids is 1. The molecule has 2 rings (SSSR count). The summed E-state index contributed by atoms with van der Waals surface area (Å²) in [4.78, 5) is 13.3. The number of carboxylic acid groups (broad SMARTS) is 1. The summed E-state index contributed by atoms with van der Waals surface area (Å²) in [7, 11) is 2.11. The largest absolute Gasteiger partial charge is 0.478 e. The topological polar surface area (TPSA) is 52.6 Å². The molecule has 0 saturated carbocycles. The van der Waals surface area contributed by atoms with Gasteiger partial charge in [0.25, 0.3) is 0 Å². The van der Waals surface area contributed by atoms with E-state index in [4.69, 9.17) is 5.11 Å². The van der Waals surface area contributed by atoms with Crippen molar-refractivity contribution in [2.24, 2.45) is 0 Å². The molecule has 1 atom stereocenters. The van der Waals surface area contributed by atoms with E-state index in [1.807, 2.05) is 12.1 Å². The molecule has 4 heteroatoms. The van der Waals surface area contributed by atoms with Crippen molar-refractivity contribution in [3.05, 3.63) is 71.3 Å². The van der Waals surface area contributed by atoms with Crippen LogP contribution in [0.5, 0.6) is 0 Å². The van der Waals surface area contributed by atoms with Crippen molar-refractivity contribution in [1.82, 2.24) is 10.2 Å². The van der Waals surface area contributed by atoms with Crippen LogP contribution >= 0.6 is 0 Å². The van der Waals surface area contributed by atoms with Crippen LogP contribution in [0.4, 0.5) is 0 Å². The lowest BCUT2D eigenvalue weighted by Crippen LogP contribution is -2.36. The highest BCUT2D eigenvalue weighted by molar-refractivity contribution is 5.87. The van der Waals surface area contributed by atoms with Gasteiger partial charge in [0.05, 0.1) is 5.56 Å². The maximum atomic E-state index is 11.0. The molecule has 0 aromatic heterocycles. The predicted octanol–water partition coefficient (Wildman–Crippen LogP) is 2.99.